The molecule has 1 aromatic carbocycles. The van der Waals surface area contributed by atoms with Crippen LogP contribution in [0.3, 0.4) is 0 Å². The van der Waals surface area contributed by atoms with Crippen molar-refractivity contribution in [2.75, 3.05) is 17.2 Å². The van der Waals surface area contributed by atoms with Crippen LogP contribution < -0.4 is 17.2 Å². The molecule has 0 fully saturated rings. The van der Waals surface area contributed by atoms with E-state index >= 15 is 0 Å². The number of nitrogens with zero attached hydrogens (tertiary/aromatic N) is 1. The lowest BCUT2D eigenvalue weighted by atomic mass is 10.1. The van der Waals surface area contributed by atoms with E-state index in [1.165, 1.54) is 0 Å². The molecule has 4 nitrogen and oxygen atoms in total. The van der Waals surface area contributed by atoms with E-state index in [2.05, 4.69) is 4.98 Å². The summed E-state index contributed by atoms with van der Waals surface area (Å²) in [7, 11) is 0. The molecule has 0 radical (unpaired) electrons. The van der Waals surface area contributed by atoms with Gasteiger partial charge >= 0.3 is 0 Å². The first-order valence-corrected chi connectivity index (χ1v) is 4.54. The second-order valence-electron chi connectivity index (χ2n) is 3.29. The van der Waals surface area contributed by atoms with Gasteiger partial charge in [-0.05, 0) is 30.3 Å². The SMILES string of the molecule is Nc1ccc(N)c(-c2ncccc2N)c1. The zero-order valence-corrected chi connectivity index (χ0v) is 8.14. The van der Waals surface area contributed by atoms with E-state index in [0.717, 1.165) is 5.56 Å². The van der Waals surface area contributed by atoms with Crippen molar-refractivity contribution in [3.63, 3.8) is 0 Å². The van der Waals surface area contributed by atoms with Crippen LogP contribution in [-0.2, 0) is 0 Å². The van der Waals surface area contributed by atoms with Gasteiger partial charge in [-0.25, -0.2) is 0 Å². The molecule has 0 unspecified atom stereocenters. The number of nitrogens with two attached hydrogens (primary N) is 3. The molecule has 2 rings (SSSR count). The third kappa shape index (κ3) is 1.69. The van der Waals surface area contributed by atoms with Crippen LogP contribution in [0.2, 0.25) is 0 Å². The minimum absolute atomic E-state index is 0.592. The summed E-state index contributed by atoms with van der Waals surface area (Å²) in [6, 6.07) is 8.83. The molecule has 76 valence electrons. The fraction of sp³-hybridized carbons (Fsp3) is 0. The molecule has 1 aromatic heterocycles. The van der Waals surface area contributed by atoms with Crippen LogP contribution in [0.25, 0.3) is 11.3 Å². The second kappa shape index (κ2) is 3.49. The van der Waals surface area contributed by atoms with Crippen molar-refractivity contribution in [2.45, 2.75) is 0 Å². The summed E-state index contributed by atoms with van der Waals surface area (Å²) in [5.74, 6) is 0. The van der Waals surface area contributed by atoms with Crippen LogP contribution in [0, 0.1) is 0 Å². The van der Waals surface area contributed by atoms with Crippen molar-refractivity contribution in [3.05, 3.63) is 36.5 Å². The molecule has 0 aliphatic carbocycles. The second-order valence-corrected chi connectivity index (χ2v) is 3.29. The largest absolute Gasteiger partial charge is 0.399 e. The van der Waals surface area contributed by atoms with E-state index in [1.807, 2.05) is 0 Å². The molecule has 6 N–H and O–H groups in total. The van der Waals surface area contributed by atoms with E-state index in [1.54, 1.807) is 36.5 Å². The lowest BCUT2D eigenvalue weighted by molar-refractivity contribution is 1.33. The molecule has 0 atom stereocenters. The van der Waals surface area contributed by atoms with E-state index in [4.69, 9.17) is 17.2 Å². The van der Waals surface area contributed by atoms with Crippen LogP contribution in [0.15, 0.2) is 36.5 Å². The number of anilines is 3. The smallest absolute Gasteiger partial charge is 0.0952 e. The maximum absolute atomic E-state index is 5.84. The quantitative estimate of drug-likeness (QED) is 0.608. The first-order valence-electron chi connectivity index (χ1n) is 4.54. The monoisotopic (exact) mass is 200 g/mol. The number of rotatable bonds is 1. The van der Waals surface area contributed by atoms with Crippen LogP contribution in [0.4, 0.5) is 17.1 Å². The summed E-state index contributed by atoms with van der Waals surface area (Å²) in [5, 5.41) is 0. The Morgan fingerprint density at radius 1 is 0.933 bits per heavy atom. The molecule has 0 spiro atoms. The van der Waals surface area contributed by atoms with E-state index in [-0.39, 0.29) is 0 Å². The Balaban J connectivity index is 2.64. The molecule has 0 amide bonds. The van der Waals surface area contributed by atoms with Crippen molar-refractivity contribution in [1.82, 2.24) is 4.98 Å². The van der Waals surface area contributed by atoms with E-state index in [0.29, 0.717) is 22.8 Å². The molecule has 0 saturated carbocycles. The molecule has 1 heterocycles. The van der Waals surface area contributed by atoms with Gasteiger partial charge in [0.1, 0.15) is 0 Å². The average molecular weight is 200 g/mol. The first kappa shape index (κ1) is 9.33. The summed E-state index contributed by atoms with van der Waals surface area (Å²) in [5.41, 5.74) is 20.6. The number of aromatic nitrogens is 1. The maximum atomic E-state index is 5.84. The van der Waals surface area contributed by atoms with Gasteiger partial charge < -0.3 is 17.2 Å². The fourth-order valence-electron chi connectivity index (χ4n) is 1.42. The minimum Gasteiger partial charge on any atom is -0.399 e. The van der Waals surface area contributed by atoms with E-state index in [9.17, 15) is 0 Å². The lowest BCUT2D eigenvalue weighted by Gasteiger charge is -2.08. The molecule has 0 aliphatic rings. The van der Waals surface area contributed by atoms with Gasteiger partial charge in [-0.1, -0.05) is 0 Å². The lowest BCUT2D eigenvalue weighted by Crippen LogP contribution is -1.97. The molecular weight excluding hydrogens is 188 g/mol. The molecule has 0 saturated heterocycles. The molecular formula is C11H12N4. The highest BCUT2D eigenvalue weighted by Gasteiger charge is 2.07. The number of nitrogen functional groups attached to an aromatic ring is 3. The Hall–Kier alpha value is -2.23. The predicted octanol–water partition coefficient (Wildman–Crippen LogP) is 1.50. The first-order chi connectivity index (χ1) is 7.18. The van der Waals surface area contributed by atoms with Gasteiger partial charge in [-0.3, -0.25) is 4.98 Å². The third-order valence-electron chi connectivity index (χ3n) is 2.17. The van der Waals surface area contributed by atoms with Gasteiger partial charge in [0.25, 0.3) is 0 Å². The van der Waals surface area contributed by atoms with Crippen LogP contribution in [0.5, 0.6) is 0 Å². The van der Waals surface area contributed by atoms with Crippen LogP contribution in [0.1, 0.15) is 0 Å². The summed E-state index contributed by atoms with van der Waals surface area (Å²) in [6.45, 7) is 0. The predicted molar refractivity (Wildman–Crippen MR) is 62.9 cm³/mol. The highest BCUT2D eigenvalue weighted by atomic mass is 14.7. The number of hydrogen-bond donors (Lipinski definition) is 3. The van der Waals surface area contributed by atoms with Gasteiger partial charge in [0.05, 0.1) is 11.4 Å². The normalized spacial score (nSPS) is 10.1. The number of hydrogen-bond acceptors (Lipinski definition) is 4. The van der Waals surface area contributed by atoms with Crippen molar-refractivity contribution in [3.8, 4) is 11.3 Å². The van der Waals surface area contributed by atoms with Gasteiger partial charge in [-0.15, -0.1) is 0 Å². The molecule has 4 heteroatoms. The Kier molecular flexibility index (Phi) is 2.17. The zero-order chi connectivity index (χ0) is 10.8. The van der Waals surface area contributed by atoms with Crippen LogP contribution in [-0.4, -0.2) is 4.98 Å². The van der Waals surface area contributed by atoms with Crippen molar-refractivity contribution < 1.29 is 0 Å². The average Bonchev–Trinajstić information content (AvgIpc) is 2.23. The summed E-state index contributed by atoms with van der Waals surface area (Å²) in [4.78, 5) is 4.19. The summed E-state index contributed by atoms with van der Waals surface area (Å²) in [6.07, 6.45) is 1.67. The van der Waals surface area contributed by atoms with Crippen molar-refractivity contribution in [2.24, 2.45) is 0 Å². The molecule has 0 aliphatic heterocycles. The van der Waals surface area contributed by atoms with Crippen molar-refractivity contribution in [1.29, 1.82) is 0 Å². The molecule has 0 bridgehead atoms. The highest BCUT2D eigenvalue weighted by molar-refractivity contribution is 5.83. The molecule has 2 aromatic rings. The standard InChI is InChI=1S/C11H12N4/c12-7-3-4-9(13)8(6-7)11-10(14)2-1-5-15-11/h1-6H,12-14H2. The highest BCUT2D eigenvalue weighted by Crippen LogP contribution is 2.29. The Bertz CT molecular complexity index is 494. The fourth-order valence-corrected chi connectivity index (χ4v) is 1.42. The Labute approximate surface area is 87.7 Å². The topological polar surface area (TPSA) is 91.0 Å². The van der Waals surface area contributed by atoms with Gasteiger partial charge in [0, 0.05) is 23.1 Å². The van der Waals surface area contributed by atoms with Gasteiger partial charge in [0.2, 0.25) is 0 Å². The van der Waals surface area contributed by atoms with Gasteiger partial charge in [-0.2, -0.15) is 0 Å². The van der Waals surface area contributed by atoms with Crippen molar-refractivity contribution >= 4 is 17.1 Å². The maximum Gasteiger partial charge on any atom is 0.0952 e. The summed E-state index contributed by atoms with van der Waals surface area (Å²) >= 11 is 0. The number of benzene rings is 1. The van der Waals surface area contributed by atoms with Gasteiger partial charge in [0.15, 0.2) is 0 Å². The minimum atomic E-state index is 0.592. The number of pyridine rings is 1. The Morgan fingerprint density at radius 2 is 1.73 bits per heavy atom. The Morgan fingerprint density at radius 3 is 2.47 bits per heavy atom. The third-order valence-corrected chi connectivity index (χ3v) is 2.17. The van der Waals surface area contributed by atoms with E-state index < -0.39 is 0 Å². The summed E-state index contributed by atoms with van der Waals surface area (Å²) < 4.78 is 0. The zero-order valence-electron chi connectivity index (χ0n) is 8.14. The van der Waals surface area contributed by atoms with Crippen LogP contribution >= 0.6 is 0 Å². The molecule has 15 heavy (non-hydrogen) atoms.